The molecule has 42 heavy (non-hydrogen) atoms. The van der Waals surface area contributed by atoms with Gasteiger partial charge in [0, 0.05) is 0 Å². The van der Waals surface area contributed by atoms with Gasteiger partial charge in [0.25, 0.3) is 0 Å². The molecule has 0 N–H and O–H groups in total. The normalized spacial score (nSPS) is 12.2. The predicted molar refractivity (Wildman–Crippen MR) is 194 cm³/mol. The van der Waals surface area contributed by atoms with Crippen molar-refractivity contribution in [2.24, 2.45) is 0 Å². The first-order chi connectivity index (χ1) is 20.7. The van der Waals surface area contributed by atoms with Crippen molar-refractivity contribution in [3.8, 4) is 0 Å². The van der Waals surface area contributed by atoms with Gasteiger partial charge in [-0.3, -0.25) is 4.48 Å². The summed E-state index contributed by atoms with van der Waals surface area (Å²) in [6.07, 6.45) is 52.8. The Hall–Kier alpha value is -0.300. The van der Waals surface area contributed by atoms with E-state index in [1.54, 1.807) is 0 Å². The largest absolute Gasteiger partial charge is 0.300 e. The van der Waals surface area contributed by atoms with Crippen LogP contribution in [0.2, 0.25) is 0 Å². The Morgan fingerprint density at radius 1 is 0.310 bits per heavy atom. The number of rotatable bonds is 36. The summed E-state index contributed by atoms with van der Waals surface area (Å²) in [5, 5.41) is 0. The van der Waals surface area contributed by atoms with E-state index in [1.165, 1.54) is 229 Å². The van der Waals surface area contributed by atoms with Crippen LogP contribution in [0.4, 0.5) is 0 Å². The first kappa shape index (κ1) is 41.7. The third-order valence-corrected chi connectivity index (χ3v) is 9.75. The minimum Gasteiger partial charge on any atom is -0.300 e. The first-order valence-electron chi connectivity index (χ1n) is 20.2. The molecule has 1 nitrogen and oxygen atoms in total. The number of unbranched alkanes of at least 4 members (excludes halogenated alkanes) is 30. The molecule has 0 fully saturated rings. The van der Waals surface area contributed by atoms with Crippen LogP contribution < -0.4 is 0 Å². The monoisotopic (exact) mass is 591 g/mol. The molecule has 0 aliphatic heterocycles. The van der Waals surface area contributed by atoms with Crippen molar-refractivity contribution in [1.82, 2.24) is 0 Å². The lowest BCUT2D eigenvalue weighted by Gasteiger charge is -2.30. The topological polar surface area (TPSA) is 0 Å². The Kier molecular flexibility index (Phi) is 34.9. The van der Waals surface area contributed by atoms with Gasteiger partial charge in [-0.1, -0.05) is 201 Å². The van der Waals surface area contributed by atoms with E-state index in [0.29, 0.717) is 0 Å². The van der Waals surface area contributed by atoms with Gasteiger partial charge in [-0.05, 0) is 38.2 Å². The van der Waals surface area contributed by atoms with E-state index >= 15 is 0 Å². The summed E-state index contributed by atoms with van der Waals surface area (Å²) in [5.74, 6) is 0. The summed E-state index contributed by atoms with van der Waals surface area (Å²) >= 11 is 0. The quantitative estimate of drug-likeness (QED) is 0.0503. The van der Waals surface area contributed by atoms with Crippen LogP contribution in [0.3, 0.4) is 0 Å². The average Bonchev–Trinajstić information content (AvgIpc) is 2.99. The van der Waals surface area contributed by atoms with E-state index in [0.717, 1.165) is 0 Å². The Balaban J connectivity index is 3.60. The lowest BCUT2D eigenvalue weighted by molar-refractivity contribution is -0.860. The maximum Gasteiger partial charge on any atom is 0.0915 e. The van der Waals surface area contributed by atoms with Gasteiger partial charge >= 0.3 is 0 Å². The predicted octanol–water partition coefficient (Wildman–Crippen LogP) is 14.9. The Morgan fingerprint density at radius 3 is 0.738 bits per heavy atom. The van der Waals surface area contributed by atoms with Crippen LogP contribution in [0.1, 0.15) is 233 Å². The Labute approximate surface area is 269 Å². The molecule has 0 saturated heterocycles. The molecule has 0 aromatic heterocycles. The molecular weight excluding hydrogens is 506 g/mol. The number of hydrogen-bond donors (Lipinski definition) is 0. The highest BCUT2D eigenvalue weighted by Gasteiger charge is 2.17. The molecule has 0 aromatic rings. The number of allylic oxidation sites excluding steroid dienone is 1. The van der Waals surface area contributed by atoms with Crippen molar-refractivity contribution in [1.29, 1.82) is 0 Å². The molecule has 0 unspecified atom stereocenters. The first-order valence-corrected chi connectivity index (χ1v) is 20.2. The van der Waals surface area contributed by atoms with Crippen LogP contribution in [0.5, 0.6) is 0 Å². The molecule has 252 valence electrons. The van der Waals surface area contributed by atoms with Crippen LogP contribution in [0.15, 0.2) is 12.3 Å². The van der Waals surface area contributed by atoms with Gasteiger partial charge in [0.15, 0.2) is 0 Å². The number of nitrogens with zero attached hydrogens (tertiary/aromatic N) is 1. The van der Waals surface area contributed by atoms with E-state index in [1.807, 2.05) is 0 Å². The van der Waals surface area contributed by atoms with Crippen LogP contribution in [0, 0.1) is 0 Å². The van der Waals surface area contributed by atoms with Crippen molar-refractivity contribution in [2.75, 3.05) is 20.1 Å². The summed E-state index contributed by atoms with van der Waals surface area (Å²) in [5.41, 5.74) is 0. The van der Waals surface area contributed by atoms with Crippen molar-refractivity contribution in [3.05, 3.63) is 12.3 Å². The summed E-state index contributed by atoms with van der Waals surface area (Å²) in [7, 11) is 2.49. The lowest BCUT2D eigenvalue weighted by Crippen LogP contribution is -2.40. The van der Waals surface area contributed by atoms with Gasteiger partial charge in [0.05, 0.1) is 26.3 Å². The van der Waals surface area contributed by atoms with Gasteiger partial charge < -0.3 is 0 Å². The number of hydrogen-bond acceptors (Lipinski definition) is 0. The molecular formula is C41H84N+. The number of quaternary nitrogens is 1. The van der Waals surface area contributed by atoms with Gasteiger partial charge in [-0.25, -0.2) is 0 Å². The molecule has 0 aliphatic carbocycles. The third kappa shape index (κ3) is 32.6. The molecule has 0 spiro atoms. The van der Waals surface area contributed by atoms with E-state index in [4.69, 9.17) is 0 Å². The molecule has 1 heteroatoms. The zero-order valence-electron chi connectivity index (χ0n) is 30.4. The average molecular weight is 591 g/mol. The summed E-state index contributed by atoms with van der Waals surface area (Å²) in [6.45, 7) is 9.58. The smallest absolute Gasteiger partial charge is 0.0915 e. The van der Waals surface area contributed by atoms with Gasteiger partial charge in [0.2, 0.25) is 0 Å². The van der Waals surface area contributed by atoms with Crippen molar-refractivity contribution < 1.29 is 4.48 Å². The van der Waals surface area contributed by atoms with Crippen molar-refractivity contribution in [3.63, 3.8) is 0 Å². The molecule has 0 aromatic carbocycles. The summed E-state index contributed by atoms with van der Waals surface area (Å²) < 4.78 is 1.17. The second kappa shape index (κ2) is 35.2. The van der Waals surface area contributed by atoms with E-state index in [-0.39, 0.29) is 0 Å². The molecule has 0 radical (unpaired) electrons. The second-order valence-corrected chi connectivity index (χ2v) is 14.3. The fourth-order valence-corrected chi connectivity index (χ4v) is 6.66. The maximum atomic E-state index is 2.52. The zero-order valence-corrected chi connectivity index (χ0v) is 30.4. The van der Waals surface area contributed by atoms with E-state index in [2.05, 4.69) is 40.1 Å². The Bertz CT molecular complexity index is 473. The SMILES string of the molecule is CCC=C[N+](C)(CCCCCCCCCCCCCCCCCC)CCCCCCCCCCCCCCCCCC. The van der Waals surface area contributed by atoms with Crippen molar-refractivity contribution >= 4 is 0 Å². The van der Waals surface area contributed by atoms with Crippen LogP contribution >= 0.6 is 0 Å². The second-order valence-electron chi connectivity index (χ2n) is 14.3. The van der Waals surface area contributed by atoms with Gasteiger partial charge in [0.1, 0.15) is 0 Å². The molecule has 0 aliphatic rings. The zero-order chi connectivity index (χ0) is 30.7. The Morgan fingerprint density at radius 2 is 0.524 bits per heavy atom. The minimum absolute atomic E-state index is 1.17. The highest BCUT2D eigenvalue weighted by atomic mass is 15.3. The molecule has 0 saturated carbocycles. The highest BCUT2D eigenvalue weighted by Crippen LogP contribution is 2.17. The summed E-state index contributed by atoms with van der Waals surface area (Å²) in [4.78, 5) is 0. The molecule has 0 amide bonds. The van der Waals surface area contributed by atoms with Crippen LogP contribution in [-0.2, 0) is 0 Å². The van der Waals surface area contributed by atoms with Gasteiger partial charge in [-0.15, -0.1) is 0 Å². The molecule has 0 atom stereocenters. The molecule has 0 heterocycles. The fraction of sp³-hybridized carbons (Fsp3) is 0.951. The summed E-state index contributed by atoms with van der Waals surface area (Å²) in [6, 6.07) is 0. The minimum atomic E-state index is 1.17. The van der Waals surface area contributed by atoms with E-state index in [9.17, 15) is 0 Å². The van der Waals surface area contributed by atoms with Gasteiger partial charge in [-0.2, -0.15) is 0 Å². The van der Waals surface area contributed by atoms with Crippen LogP contribution in [-0.4, -0.2) is 24.6 Å². The van der Waals surface area contributed by atoms with Crippen molar-refractivity contribution in [2.45, 2.75) is 233 Å². The fourth-order valence-electron chi connectivity index (χ4n) is 6.66. The highest BCUT2D eigenvalue weighted by molar-refractivity contribution is 4.72. The van der Waals surface area contributed by atoms with E-state index < -0.39 is 0 Å². The third-order valence-electron chi connectivity index (χ3n) is 9.75. The molecule has 0 rings (SSSR count). The maximum absolute atomic E-state index is 2.52. The lowest BCUT2D eigenvalue weighted by atomic mass is 10.0. The van der Waals surface area contributed by atoms with Crippen LogP contribution in [0.25, 0.3) is 0 Å². The standard InChI is InChI=1S/C41H84N/c1-5-8-11-13-15-17-19-21-23-25-27-29-31-33-35-37-40-42(4,39-10-7-3)41-38-36-34-32-30-28-26-24-22-20-18-16-14-12-9-6-2/h10,39H,5-9,11-38,40-41H2,1-4H3/q+1. The molecule has 0 bridgehead atoms.